The molecule has 0 aromatic carbocycles. The summed E-state index contributed by atoms with van der Waals surface area (Å²) < 4.78 is 1.78. The summed E-state index contributed by atoms with van der Waals surface area (Å²) in [7, 11) is 1.91. The van der Waals surface area contributed by atoms with Crippen LogP contribution < -0.4 is 4.90 Å². The molecule has 0 atom stereocenters. The third-order valence-corrected chi connectivity index (χ3v) is 5.28. The Hall–Kier alpha value is -1.66. The van der Waals surface area contributed by atoms with Crippen LogP contribution in [0.3, 0.4) is 0 Å². The summed E-state index contributed by atoms with van der Waals surface area (Å²) in [5.74, 6) is 1.91. The number of halogens is 1. The molecule has 3 rings (SSSR count). The minimum atomic E-state index is 0.762. The predicted molar refractivity (Wildman–Crippen MR) is 101 cm³/mol. The normalized spacial score (nSPS) is 15.8. The van der Waals surface area contributed by atoms with Gasteiger partial charge in [-0.25, -0.2) is 9.97 Å². The van der Waals surface area contributed by atoms with Gasteiger partial charge < -0.3 is 4.90 Å². The summed E-state index contributed by atoms with van der Waals surface area (Å²) in [6, 6.07) is 2.12. The van der Waals surface area contributed by atoms with Crippen LogP contribution in [0.5, 0.6) is 0 Å². The van der Waals surface area contributed by atoms with Crippen LogP contribution in [0.25, 0.3) is 0 Å². The fourth-order valence-corrected chi connectivity index (χ4v) is 3.56. The summed E-state index contributed by atoms with van der Waals surface area (Å²) in [6.07, 6.45) is 1.85. The van der Waals surface area contributed by atoms with Gasteiger partial charge in [-0.1, -0.05) is 25.4 Å². The molecular formula is C18H27ClN6. The lowest BCUT2D eigenvalue weighted by Gasteiger charge is -2.35. The van der Waals surface area contributed by atoms with Crippen LogP contribution in [0.2, 0.25) is 5.15 Å². The highest BCUT2D eigenvalue weighted by atomic mass is 35.5. The molecule has 2 aromatic heterocycles. The Balaban J connectivity index is 1.65. The summed E-state index contributed by atoms with van der Waals surface area (Å²) in [5.41, 5.74) is 3.39. The van der Waals surface area contributed by atoms with Crippen LogP contribution in [0.4, 0.5) is 5.82 Å². The van der Waals surface area contributed by atoms with Crippen molar-refractivity contribution < 1.29 is 0 Å². The fraction of sp³-hybridized carbons (Fsp3) is 0.611. The molecule has 0 unspecified atom stereocenters. The highest BCUT2D eigenvalue weighted by molar-refractivity contribution is 6.30. The van der Waals surface area contributed by atoms with Crippen molar-refractivity contribution in [3.63, 3.8) is 0 Å². The second-order valence-electron chi connectivity index (χ2n) is 6.57. The Kier molecular flexibility index (Phi) is 5.59. The van der Waals surface area contributed by atoms with Crippen molar-refractivity contribution in [2.24, 2.45) is 7.05 Å². The molecule has 1 fully saturated rings. The van der Waals surface area contributed by atoms with E-state index < -0.39 is 0 Å². The molecule has 25 heavy (non-hydrogen) atoms. The van der Waals surface area contributed by atoms with E-state index in [0.717, 1.165) is 73.7 Å². The standard InChI is InChI=1S/C18H27ClN6/c1-5-14-11-17(21-13(3)20-14)25-9-7-24(8-10-25)12-15-16(6-2)22-23(4)18(15)19/h11H,5-10,12H2,1-4H3. The van der Waals surface area contributed by atoms with E-state index in [1.54, 1.807) is 4.68 Å². The van der Waals surface area contributed by atoms with Gasteiger partial charge in [0.1, 0.15) is 16.8 Å². The van der Waals surface area contributed by atoms with Gasteiger partial charge in [-0.3, -0.25) is 9.58 Å². The molecule has 0 saturated carbocycles. The minimum Gasteiger partial charge on any atom is -0.354 e. The average Bonchev–Trinajstić information content (AvgIpc) is 2.89. The molecule has 6 nitrogen and oxygen atoms in total. The lowest BCUT2D eigenvalue weighted by Crippen LogP contribution is -2.46. The number of hydrogen-bond donors (Lipinski definition) is 0. The number of nitrogens with zero attached hydrogens (tertiary/aromatic N) is 6. The van der Waals surface area contributed by atoms with Crippen molar-refractivity contribution in [3.8, 4) is 0 Å². The minimum absolute atomic E-state index is 0.762. The van der Waals surface area contributed by atoms with E-state index in [1.807, 2.05) is 14.0 Å². The second kappa shape index (κ2) is 7.70. The predicted octanol–water partition coefficient (Wildman–Crippen LogP) is 2.62. The topological polar surface area (TPSA) is 50.1 Å². The highest BCUT2D eigenvalue weighted by Gasteiger charge is 2.22. The number of hydrogen-bond acceptors (Lipinski definition) is 5. The molecular weight excluding hydrogens is 336 g/mol. The number of rotatable bonds is 5. The van der Waals surface area contributed by atoms with Crippen LogP contribution in [0, 0.1) is 6.92 Å². The third kappa shape index (κ3) is 3.96. The summed E-state index contributed by atoms with van der Waals surface area (Å²) in [6.45, 7) is 11.0. The molecule has 0 bridgehead atoms. The van der Waals surface area contributed by atoms with E-state index >= 15 is 0 Å². The summed E-state index contributed by atoms with van der Waals surface area (Å²) in [5, 5.41) is 5.28. The van der Waals surface area contributed by atoms with Crippen molar-refractivity contribution in [2.75, 3.05) is 31.1 Å². The third-order valence-electron chi connectivity index (χ3n) is 4.80. The average molecular weight is 363 g/mol. The Morgan fingerprint density at radius 3 is 2.44 bits per heavy atom. The number of piperazine rings is 1. The van der Waals surface area contributed by atoms with Gasteiger partial charge in [-0.15, -0.1) is 0 Å². The Morgan fingerprint density at radius 2 is 1.80 bits per heavy atom. The second-order valence-corrected chi connectivity index (χ2v) is 6.93. The Bertz CT molecular complexity index is 733. The van der Waals surface area contributed by atoms with Crippen LogP contribution >= 0.6 is 11.6 Å². The van der Waals surface area contributed by atoms with Gasteiger partial charge in [0.25, 0.3) is 0 Å². The number of aryl methyl sites for hydroxylation is 4. The highest BCUT2D eigenvalue weighted by Crippen LogP contribution is 2.23. The molecule has 136 valence electrons. The van der Waals surface area contributed by atoms with Crippen molar-refractivity contribution in [3.05, 3.63) is 34.0 Å². The van der Waals surface area contributed by atoms with E-state index in [9.17, 15) is 0 Å². The molecule has 0 N–H and O–H groups in total. The molecule has 7 heteroatoms. The molecule has 0 aliphatic carbocycles. The molecule has 2 aromatic rings. The zero-order chi connectivity index (χ0) is 18.0. The van der Waals surface area contributed by atoms with E-state index in [2.05, 4.69) is 44.8 Å². The summed E-state index contributed by atoms with van der Waals surface area (Å²) >= 11 is 6.43. The van der Waals surface area contributed by atoms with Crippen molar-refractivity contribution in [1.29, 1.82) is 0 Å². The largest absolute Gasteiger partial charge is 0.354 e. The first-order valence-corrected chi connectivity index (χ1v) is 9.41. The lowest BCUT2D eigenvalue weighted by molar-refractivity contribution is 0.248. The van der Waals surface area contributed by atoms with Gasteiger partial charge in [0.05, 0.1) is 5.69 Å². The number of anilines is 1. The van der Waals surface area contributed by atoms with Crippen molar-refractivity contribution in [1.82, 2.24) is 24.6 Å². The quantitative estimate of drug-likeness (QED) is 0.818. The van der Waals surface area contributed by atoms with Gasteiger partial charge in [0.15, 0.2) is 0 Å². The van der Waals surface area contributed by atoms with E-state index in [0.29, 0.717) is 0 Å². The smallest absolute Gasteiger partial charge is 0.132 e. The zero-order valence-corrected chi connectivity index (χ0v) is 16.3. The maximum absolute atomic E-state index is 6.43. The van der Waals surface area contributed by atoms with Gasteiger partial charge in [0.2, 0.25) is 0 Å². The van der Waals surface area contributed by atoms with Crippen molar-refractivity contribution >= 4 is 17.4 Å². The van der Waals surface area contributed by atoms with E-state index in [1.165, 1.54) is 5.56 Å². The molecule has 3 heterocycles. The maximum atomic E-state index is 6.43. The lowest BCUT2D eigenvalue weighted by atomic mass is 10.2. The first kappa shape index (κ1) is 18.1. The zero-order valence-electron chi connectivity index (χ0n) is 15.6. The molecule has 0 spiro atoms. The van der Waals surface area contributed by atoms with E-state index in [4.69, 9.17) is 11.6 Å². The Labute approximate surface area is 154 Å². The maximum Gasteiger partial charge on any atom is 0.132 e. The van der Waals surface area contributed by atoms with Crippen LogP contribution in [0.15, 0.2) is 6.07 Å². The molecule has 1 saturated heterocycles. The molecule has 1 aliphatic heterocycles. The first-order chi connectivity index (χ1) is 12.0. The molecule has 0 radical (unpaired) electrons. The van der Waals surface area contributed by atoms with Crippen molar-refractivity contribution in [2.45, 2.75) is 40.2 Å². The summed E-state index contributed by atoms with van der Waals surface area (Å²) in [4.78, 5) is 13.9. The molecule has 0 amide bonds. The fourth-order valence-electron chi connectivity index (χ4n) is 3.35. The Morgan fingerprint density at radius 1 is 1.08 bits per heavy atom. The SMILES string of the molecule is CCc1cc(N2CCN(Cc3c(CC)nn(C)c3Cl)CC2)nc(C)n1. The first-order valence-electron chi connectivity index (χ1n) is 9.03. The molecule has 1 aliphatic rings. The van der Waals surface area contributed by atoms with Gasteiger partial charge >= 0.3 is 0 Å². The van der Waals surface area contributed by atoms with Gasteiger partial charge in [0, 0.05) is 57.1 Å². The van der Waals surface area contributed by atoms with Crippen LogP contribution in [0.1, 0.15) is 36.6 Å². The van der Waals surface area contributed by atoms with Gasteiger partial charge in [-0.05, 0) is 19.8 Å². The monoisotopic (exact) mass is 362 g/mol. The number of aromatic nitrogens is 4. The van der Waals surface area contributed by atoms with Gasteiger partial charge in [-0.2, -0.15) is 5.10 Å². The van der Waals surface area contributed by atoms with Crippen LogP contribution in [-0.4, -0.2) is 50.8 Å². The van der Waals surface area contributed by atoms with E-state index in [-0.39, 0.29) is 0 Å². The van der Waals surface area contributed by atoms with Crippen LogP contribution in [-0.2, 0) is 26.4 Å².